The van der Waals surface area contributed by atoms with Gasteiger partial charge in [0.25, 0.3) is 5.91 Å². The summed E-state index contributed by atoms with van der Waals surface area (Å²) in [4.78, 5) is 19.2. The second-order valence-corrected chi connectivity index (χ2v) is 8.69. The molecule has 2 aliphatic rings. The number of hydrogen-bond acceptors (Lipinski definition) is 7. The Bertz CT molecular complexity index is 737. The molecule has 1 amide bonds. The molecule has 0 atom stereocenters. The summed E-state index contributed by atoms with van der Waals surface area (Å²) in [6.45, 7) is 3.61. The van der Waals surface area contributed by atoms with E-state index in [2.05, 4.69) is 30.7 Å². The normalized spacial score (nSPS) is 19.4. The second-order valence-electron chi connectivity index (χ2n) is 7.85. The van der Waals surface area contributed by atoms with Crippen molar-refractivity contribution in [1.82, 2.24) is 20.1 Å². The van der Waals surface area contributed by atoms with Gasteiger partial charge in [-0.15, -0.1) is 10.2 Å². The van der Waals surface area contributed by atoms with Crippen LogP contribution in [-0.2, 0) is 0 Å². The summed E-state index contributed by atoms with van der Waals surface area (Å²) in [5.74, 6) is 1.53. The van der Waals surface area contributed by atoms with Crippen molar-refractivity contribution in [2.45, 2.75) is 51.0 Å². The maximum atomic E-state index is 12.2. The van der Waals surface area contributed by atoms with Gasteiger partial charge in [-0.2, -0.15) is 0 Å². The number of amides is 1. The summed E-state index contributed by atoms with van der Waals surface area (Å²) >= 11 is 1.29. The van der Waals surface area contributed by atoms with E-state index in [1.807, 2.05) is 6.07 Å². The van der Waals surface area contributed by atoms with Crippen molar-refractivity contribution in [3.05, 3.63) is 29.4 Å². The third-order valence-electron chi connectivity index (χ3n) is 5.79. The lowest BCUT2D eigenvalue weighted by atomic mass is 9.88. The van der Waals surface area contributed by atoms with Gasteiger partial charge < -0.3 is 10.2 Å². The monoisotopic (exact) mass is 400 g/mol. The standard InChI is InChI=1S/C20H28N6OS/c27-19(24-20-25-22-14-28-20)16-6-7-18(21-12-16)23-17-8-10-26(11-9-17)13-15-4-2-1-3-5-15/h6-7,12,14-15,17H,1-5,8-11,13H2,(H,21,23)(H,24,25,27). The molecule has 2 aromatic heterocycles. The van der Waals surface area contributed by atoms with Gasteiger partial charge in [-0.1, -0.05) is 30.6 Å². The van der Waals surface area contributed by atoms with Gasteiger partial charge in [0.05, 0.1) is 5.56 Å². The van der Waals surface area contributed by atoms with Gasteiger partial charge in [-0.25, -0.2) is 4.98 Å². The van der Waals surface area contributed by atoms with E-state index >= 15 is 0 Å². The molecule has 0 bridgehead atoms. The molecule has 1 aliphatic heterocycles. The molecule has 1 saturated heterocycles. The van der Waals surface area contributed by atoms with E-state index in [4.69, 9.17) is 0 Å². The molecular weight excluding hydrogens is 372 g/mol. The van der Waals surface area contributed by atoms with Crippen LogP contribution in [0.1, 0.15) is 55.3 Å². The van der Waals surface area contributed by atoms with Gasteiger partial charge in [0.2, 0.25) is 5.13 Å². The van der Waals surface area contributed by atoms with Gasteiger partial charge in [-0.3, -0.25) is 10.1 Å². The zero-order valence-electron chi connectivity index (χ0n) is 16.1. The van der Waals surface area contributed by atoms with Crippen molar-refractivity contribution in [1.29, 1.82) is 0 Å². The number of pyridine rings is 1. The van der Waals surface area contributed by atoms with Gasteiger partial charge in [0.15, 0.2) is 0 Å². The fraction of sp³-hybridized carbons (Fsp3) is 0.600. The summed E-state index contributed by atoms with van der Waals surface area (Å²) in [6, 6.07) is 4.13. The first-order valence-corrected chi connectivity index (χ1v) is 11.2. The van der Waals surface area contributed by atoms with E-state index in [0.29, 0.717) is 16.7 Å². The molecule has 7 nitrogen and oxygen atoms in total. The number of rotatable bonds is 6. The first-order chi connectivity index (χ1) is 13.8. The van der Waals surface area contributed by atoms with Crippen LogP contribution >= 0.6 is 11.3 Å². The first kappa shape index (κ1) is 19.3. The van der Waals surface area contributed by atoms with E-state index in [1.54, 1.807) is 17.8 Å². The highest BCUT2D eigenvalue weighted by molar-refractivity contribution is 7.13. The summed E-state index contributed by atoms with van der Waals surface area (Å²) in [7, 11) is 0. The molecule has 0 unspecified atom stereocenters. The molecule has 2 aromatic rings. The highest BCUT2D eigenvalue weighted by atomic mass is 32.1. The number of piperidine rings is 1. The van der Waals surface area contributed by atoms with Gasteiger partial charge in [-0.05, 0) is 43.7 Å². The number of aromatic nitrogens is 3. The summed E-state index contributed by atoms with van der Waals surface area (Å²) < 4.78 is 0. The maximum Gasteiger partial charge on any atom is 0.259 e. The fourth-order valence-corrected chi connectivity index (χ4v) is 4.65. The third kappa shape index (κ3) is 5.26. The highest BCUT2D eigenvalue weighted by Crippen LogP contribution is 2.26. The van der Waals surface area contributed by atoms with Crippen LogP contribution in [0.2, 0.25) is 0 Å². The number of anilines is 2. The average Bonchev–Trinajstić information content (AvgIpc) is 3.24. The lowest BCUT2D eigenvalue weighted by Crippen LogP contribution is -2.41. The third-order valence-corrected chi connectivity index (χ3v) is 6.39. The Morgan fingerprint density at radius 1 is 1.14 bits per heavy atom. The lowest BCUT2D eigenvalue weighted by molar-refractivity contribution is 0.102. The molecule has 1 saturated carbocycles. The van der Waals surface area contributed by atoms with Crippen LogP contribution in [0.25, 0.3) is 0 Å². The Balaban J connectivity index is 1.22. The molecular formula is C20H28N6OS. The molecule has 0 aromatic carbocycles. The second kappa shape index (κ2) is 9.43. The Morgan fingerprint density at radius 3 is 2.64 bits per heavy atom. The molecule has 2 fully saturated rings. The van der Waals surface area contributed by atoms with Crippen LogP contribution in [0, 0.1) is 5.92 Å². The quantitative estimate of drug-likeness (QED) is 0.770. The molecule has 28 heavy (non-hydrogen) atoms. The number of carbonyl (C=O) groups is 1. The van der Waals surface area contributed by atoms with Gasteiger partial charge in [0.1, 0.15) is 11.3 Å². The number of carbonyl (C=O) groups excluding carboxylic acids is 1. The van der Waals surface area contributed by atoms with E-state index in [-0.39, 0.29) is 5.91 Å². The lowest BCUT2D eigenvalue weighted by Gasteiger charge is -2.35. The zero-order chi connectivity index (χ0) is 19.2. The van der Waals surface area contributed by atoms with Crippen molar-refractivity contribution in [2.24, 2.45) is 5.92 Å². The van der Waals surface area contributed by atoms with E-state index < -0.39 is 0 Å². The van der Waals surface area contributed by atoms with E-state index in [9.17, 15) is 4.79 Å². The minimum absolute atomic E-state index is 0.216. The molecule has 3 heterocycles. The van der Waals surface area contributed by atoms with E-state index in [1.165, 1.54) is 50.0 Å². The van der Waals surface area contributed by atoms with Crippen LogP contribution in [0.3, 0.4) is 0 Å². The Labute approximate surface area is 170 Å². The number of hydrogen-bond donors (Lipinski definition) is 2. The Kier molecular flexibility index (Phi) is 6.49. The molecule has 4 rings (SSSR count). The predicted molar refractivity (Wildman–Crippen MR) is 112 cm³/mol. The van der Waals surface area contributed by atoms with Crippen molar-refractivity contribution in [3.8, 4) is 0 Å². The molecule has 0 radical (unpaired) electrons. The highest BCUT2D eigenvalue weighted by Gasteiger charge is 2.23. The largest absolute Gasteiger partial charge is 0.367 e. The maximum absolute atomic E-state index is 12.2. The minimum Gasteiger partial charge on any atom is -0.367 e. The van der Waals surface area contributed by atoms with Crippen LogP contribution in [0.4, 0.5) is 10.9 Å². The van der Waals surface area contributed by atoms with E-state index in [0.717, 1.165) is 37.7 Å². The predicted octanol–water partition coefficient (Wildman–Crippen LogP) is 3.64. The number of likely N-dealkylation sites (tertiary alicyclic amines) is 1. The first-order valence-electron chi connectivity index (χ1n) is 10.3. The Hall–Kier alpha value is -2.06. The van der Waals surface area contributed by atoms with Crippen LogP contribution in [-0.4, -0.2) is 51.7 Å². The van der Waals surface area contributed by atoms with Crippen LogP contribution in [0.15, 0.2) is 23.8 Å². The summed E-state index contributed by atoms with van der Waals surface area (Å²) in [5.41, 5.74) is 2.10. The fourth-order valence-electron chi connectivity index (χ4n) is 4.21. The number of nitrogens with one attached hydrogen (secondary N) is 2. The smallest absolute Gasteiger partial charge is 0.259 e. The van der Waals surface area contributed by atoms with Crippen LogP contribution in [0.5, 0.6) is 0 Å². The van der Waals surface area contributed by atoms with Crippen molar-refractivity contribution in [2.75, 3.05) is 30.3 Å². The van der Waals surface area contributed by atoms with Crippen molar-refractivity contribution in [3.63, 3.8) is 0 Å². The van der Waals surface area contributed by atoms with Gasteiger partial charge in [0, 0.05) is 31.9 Å². The summed E-state index contributed by atoms with van der Waals surface area (Å²) in [6.07, 6.45) is 11.0. The number of nitrogens with zero attached hydrogens (tertiary/aromatic N) is 4. The molecule has 2 N–H and O–H groups in total. The molecule has 8 heteroatoms. The van der Waals surface area contributed by atoms with Crippen LogP contribution < -0.4 is 10.6 Å². The molecule has 0 spiro atoms. The van der Waals surface area contributed by atoms with Crippen molar-refractivity contribution < 1.29 is 4.79 Å². The summed E-state index contributed by atoms with van der Waals surface area (Å²) in [5, 5.41) is 14.3. The zero-order valence-corrected chi connectivity index (χ0v) is 17.0. The minimum atomic E-state index is -0.216. The average molecular weight is 401 g/mol. The SMILES string of the molecule is O=C(Nc1nncs1)c1ccc(NC2CCN(CC3CCCCC3)CC2)nc1. The van der Waals surface area contributed by atoms with Crippen molar-refractivity contribution >= 4 is 28.2 Å². The Morgan fingerprint density at radius 2 is 1.96 bits per heavy atom. The van der Waals surface area contributed by atoms with Gasteiger partial charge >= 0.3 is 0 Å². The molecule has 150 valence electrons. The topological polar surface area (TPSA) is 83.0 Å². The molecule has 1 aliphatic carbocycles.